The van der Waals surface area contributed by atoms with Gasteiger partial charge in [-0.05, 0) is 29.8 Å². The van der Waals surface area contributed by atoms with Gasteiger partial charge in [-0.25, -0.2) is 9.98 Å². The Morgan fingerprint density at radius 3 is 2.81 bits per heavy atom. The smallest absolute Gasteiger partial charge is 0.251 e. The van der Waals surface area contributed by atoms with Crippen LogP contribution in [0.25, 0.3) is 21.6 Å². The normalized spacial score (nSPS) is 11.1. The number of rotatable bonds is 6. The highest BCUT2D eigenvalue weighted by atomic mass is 35.5. The zero-order valence-electron chi connectivity index (χ0n) is 15.7. The number of nitrogens with two attached hydrogens (primary N) is 1. The van der Waals surface area contributed by atoms with Gasteiger partial charge in [0, 0.05) is 27.4 Å². The van der Waals surface area contributed by atoms with E-state index >= 15 is 0 Å². The van der Waals surface area contributed by atoms with E-state index in [0.29, 0.717) is 36.5 Å². The Morgan fingerprint density at radius 1 is 1.39 bits per heavy atom. The third kappa shape index (κ3) is 4.73. The molecule has 0 spiro atoms. The minimum absolute atomic E-state index is 0.0478. The van der Waals surface area contributed by atoms with Crippen LogP contribution in [-0.2, 0) is 4.79 Å². The van der Waals surface area contributed by atoms with Crippen molar-refractivity contribution in [1.29, 1.82) is 10.7 Å². The Labute approximate surface area is 191 Å². The van der Waals surface area contributed by atoms with Crippen LogP contribution in [0.5, 0.6) is 0 Å². The van der Waals surface area contributed by atoms with E-state index in [4.69, 9.17) is 39.5 Å². The van der Waals surface area contributed by atoms with Crippen molar-refractivity contribution in [2.45, 2.75) is 0 Å². The average molecular weight is 473 g/mol. The fraction of sp³-hybridized carbons (Fsp3) is 0.0500. The summed E-state index contributed by atoms with van der Waals surface area (Å²) in [5, 5.41) is 29.4. The standard InChI is InChI=1S/C20H14Cl2N6O2S/c21-11-1-2-12(14(22)6-11)17-13(7-23)18(31-19(17)20(25)27-9-24)10-3-4-26-15(5-10)28-16(30)8-29/h1-6,9,29H,8H2,(H3,24,25,27)(H,26,28,30). The lowest BCUT2D eigenvalue weighted by Gasteiger charge is -2.08. The Bertz CT molecular complexity index is 1250. The average Bonchev–Trinajstić information content (AvgIpc) is 3.13. The van der Waals surface area contributed by atoms with Gasteiger partial charge in [-0.15, -0.1) is 11.3 Å². The number of anilines is 1. The van der Waals surface area contributed by atoms with Crippen LogP contribution < -0.4 is 11.1 Å². The van der Waals surface area contributed by atoms with Gasteiger partial charge in [0.25, 0.3) is 5.91 Å². The summed E-state index contributed by atoms with van der Waals surface area (Å²) in [6.45, 7) is -0.686. The SMILES string of the molecule is N#Cc1c(-c2ccnc(NC(=O)CO)c2)sc(C(N)=NC=N)c1-c1ccc(Cl)cc1Cl. The summed E-state index contributed by atoms with van der Waals surface area (Å²) in [6.07, 6.45) is 2.27. The first kappa shape index (κ1) is 22.4. The number of carbonyl (C=O) groups is 1. The van der Waals surface area contributed by atoms with E-state index in [1.54, 1.807) is 30.3 Å². The topological polar surface area (TPSA) is 148 Å². The Morgan fingerprint density at radius 2 is 2.16 bits per heavy atom. The number of nitrogens with one attached hydrogen (secondary N) is 2. The van der Waals surface area contributed by atoms with Gasteiger partial charge in [-0.1, -0.05) is 29.3 Å². The van der Waals surface area contributed by atoms with E-state index < -0.39 is 12.5 Å². The monoisotopic (exact) mass is 472 g/mol. The summed E-state index contributed by atoms with van der Waals surface area (Å²) >= 11 is 13.6. The van der Waals surface area contributed by atoms with Gasteiger partial charge < -0.3 is 16.2 Å². The minimum Gasteiger partial charge on any atom is -0.387 e. The number of aromatic nitrogens is 1. The van der Waals surface area contributed by atoms with Gasteiger partial charge in [-0.3, -0.25) is 10.2 Å². The molecule has 0 bridgehead atoms. The van der Waals surface area contributed by atoms with Crippen molar-refractivity contribution in [1.82, 2.24) is 4.98 Å². The zero-order chi connectivity index (χ0) is 22.5. The molecule has 0 saturated heterocycles. The molecule has 31 heavy (non-hydrogen) atoms. The molecule has 8 nitrogen and oxygen atoms in total. The van der Waals surface area contributed by atoms with Crippen LogP contribution in [0.3, 0.4) is 0 Å². The lowest BCUT2D eigenvalue weighted by molar-refractivity contribution is -0.118. The second-order valence-electron chi connectivity index (χ2n) is 6.03. The first-order valence-corrected chi connectivity index (χ1v) is 10.2. The summed E-state index contributed by atoms with van der Waals surface area (Å²) in [5.74, 6) is -0.359. The molecule has 0 saturated carbocycles. The van der Waals surface area contributed by atoms with Crippen molar-refractivity contribution in [2.24, 2.45) is 10.7 Å². The van der Waals surface area contributed by atoms with E-state index in [-0.39, 0.29) is 17.2 Å². The number of aliphatic imine (C=N–C) groups is 1. The van der Waals surface area contributed by atoms with Crippen molar-refractivity contribution < 1.29 is 9.90 Å². The van der Waals surface area contributed by atoms with E-state index in [1.165, 1.54) is 17.5 Å². The molecule has 2 heterocycles. The van der Waals surface area contributed by atoms with E-state index in [9.17, 15) is 10.1 Å². The number of nitrogens with zero attached hydrogens (tertiary/aromatic N) is 3. The number of carbonyl (C=O) groups excluding carboxylic acids is 1. The minimum atomic E-state index is -0.686. The summed E-state index contributed by atoms with van der Waals surface area (Å²) < 4.78 is 0. The summed E-state index contributed by atoms with van der Waals surface area (Å²) in [7, 11) is 0. The fourth-order valence-corrected chi connectivity index (χ4v) is 4.49. The van der Waals surface area contributed by atoms with Crippen LogP contribution in [0.2, 0.25) is 10.0 Å². The van der Waals surface area contributed by atoms with Crippen molar-refractivity contribution >= 4 is 58.4 Å². The molecule has 3 aromatic rings. The Balaban J connectivity index is 2.27. The van der Waals surface area contributed by atoms with Crippen LogP contribution in [0.1, 0.15) is 10.4 Å². The first-order chi connectivity index (χ1) is 14.9. The molecule has 2 aromatic heterocycles. The predicted molar refractivity (Wildman–Crippen MR) is 123 cm³/mol. The van der Waals surface area contributed by atoms with Crippen molar-refractivity contribution in [2.75, 3.05) is 11.9 Å². The molecule has 156 valence electrons. The maximum atomic E-state index is 11.5. The molecule has 0 atom stereocenters. The third-order valence-corrected chi connectivity index (χ3v) is 5.90. The molecule has 0 radical (unpaired) electrons. The van der Waals surface area contributed by atoms with Crippen molar-refractivity contribution in [3.63, 3.8) is 0 Å². The Kier molecular flexibility index (Phi) is 6.99. The van der Waals surface area contributed by atoms with E-state index in [0.717, 1.165) is 6.34 Å². The molecular weight excluding hydrogens is 459 g/mol. The van der Waals surface area contributed by atoms with Crippen LogP contribution in [0.4, 0.5) is 5.82 Å². The molecule has 0 aliphatic carbocycles. The molecule has 11 heteroatoms. The molecule has 0 aliphatic rings. The highest BCUT2D eigenvalue weighted by Gasteiger charge is 2.24. The van der Waals surface area contributed by atoms with Crippen LogP contribution >= 0.6 is 34.5 Å². The molecule has 0 aliphatic heterocycles. The number of nitriles is 1. The second-order valence-corrected chi connectivity index (χ2v) is 7.89. The summed E-state index contributed by atoms with van der Waals surface area (Å²) in [6, 6.07) is 10.3. The lowest BCUT2D eigenvalue weighted by Crippen LogP contribution is -2.16. The summed E-state index contributed by atoms with van der Waals surface area (Å²) in [5.41, 5.74) is 7.96. The van der Waals surface area contributed by atoms with Crippen LogP contribution in [0, 0.1) is 16.7 Å². The number of aliphatic hydroxyl groups is 1. The number of aliphatic hydroxyl groups excluding tert-OH is 1. The number of halogens is 2. The molecule has 0 unspecified atom stereocenters. The predicted octanol–water partition coefficient (Wildman–Crippen LogP) is 3.90. The number of pyridine rings is 1. The summed E-state index contributed by atoms with van der Waals surface area (Å²) in [4.78, 5) is 20.4. The maximum absolute atomic E-state index is 11.5. The number of amidine groups is 1. The van der Waals surface area contributed by atoms with E-state index in [1.807, 2.05) is 0 Å². The highest BCUT2D eigenvalue weighted by molar-refractivity contribution is 7.18. The molecule has 1 amide bonds. The molecular formula is C20H14Cl2N6O2S. The van der Waals surface area contributed by atoms with Gasteiger partial charge in [-0.2, -0.15) is 5.26 Å². The van der Waals surface area contributed by atoms with Gasteiger partial charge in [0.05, 0.1) is 15.3 Å². The highest BCUT2D eigenvalue weighted by Crippen LogP contribution is 2.44. The largest absolute Gasteiger partial charge is 0.387 e. The third-order valence-electron chi connectivity index (χ3n) is 4.09. The van der Waals surface area contributed by atoms with Gasteiger partial charge in [0.1, 0.15) is 30.7 Å². The number of hydrogen-bond acceptors (Lipinski definition) is 6. The molecule has 3 rings (SSSR count). The number of benzene rings is 1. The molecule has 0 fully saturated rings. The van der Waals surface area contributed by atoms with Crippen LogP contribution in [-0.4, -0.2) is 34.8 Å². The number of amides is 1. The Hall–Kier alpha value is -3.29. The lowest BCUT2D eigenvalue weighted by atomic mass is 9.98. The quantitative estimate of drug-likeness (QED) is 0.317. The van der Waals surface area contributed by atoms with Gasteiger partial charge in [0.15, 0.2) is 0 Å². The number of hydrogen-bond donors (Lipinski definition) is 4. The van der Waals surface area contributed by atoms with Gasteiger partial charge in [0.2, 0.25) is 0 Å². The van der Waals surface area contributed by atoms with Crippen molar-refractivity contribution in [3.8, 4) is 27.6 Å². The zero-order valence-corrected chi connectivity index (χ0v) is 18.0. The molecule has 1 aromatic carbocycles. The van der Waals surface area contributed by atoms with Gasteiger partial charge >= 0.3 is 0 Å². The first-order valence-electron chi connectivity index (χ1n) is 8.61. The van der Waals surface area contributed by atoms with Crippen molar-refractivity contribution in [3.05, 3.63) is 57.0 Å². The van der Waals surface area contributed by atoms with E-state index in [2.05, 4.69) is 21.4 Å². The molecule has 5 N–H and O–H groups in total. The second kappa shape index (κ2) is 9.68. The van der Waals surface area contributed by atoms with Crippen LogP contribution in [0.15, 0.2) is 41.5 Å². The maximum Gasteiger partial charge on any atom is 0.251 e. The number of thiophene rings is 1. The fourth-order valence-electron chi connectivity index (χ4n) is 2.82.